The third-order valence-electron chi connectivity index (χ3n) is 3.06. The molecule has 0 aliphatic rings. The van der Waals surface area contributed by atoms with E-state index in [9.17, 15) is 17.6 Å². The molecule has 0 saturated carbocycles. The summed E-state index contributed by atoms with van der Waals surface area (Å²) in [6, 6.07) is 2.47. The van der Waals surface area contributed by atoms with E-state index in [-0.39, 0.29) is 17.1 Å². The van der Waals surface area contributed by atoms with Crippen LogP contribution in [-0.4, -0.2) is 9.55 Å². The van der Waals surface area contributed by atoms with Crippen LogP contribution >= 0.6 is 0 Å². The molecule has 0 fully saturated rings. The number of aryl methyl sites for hydroxylation is 1. The Morgan fingerprint density at radius 3 is 2.45 bits per heavy atom. The second-order valence-corrected chi connectivity index (χ2v) is 4.32. The first-order valence-electron chi connectivity index (χ1n) is 5.95. The van der Waals surface area contributed by atoms with Gasteiger partial charge in [-0.3, -0.25) is 0 Å². The fourth-order valence-corrected chi connectivity index (χ4v) is 2.14. The zero-order valence-electron chi connectivity index (χ0n) is 10.9. The van der Waals surface area contributed by atoms with Gasteiger partial charge in [0, 0.05) is 12.1 Å². The van der Waals surface area contributed by atoms with E-state index in [1.807, 2.05) is 6.92 Å². The van der Waals surface area contributed by atoms with Crippen molar-refractivity contribution in [1.82, 2.24) is 9.55 Å². The molecule has 2 rings (SSSR count). The Bertz CT molecular complexity index is 644. The predicted molar refractivity (Wildman–Crippen MR) is 67.4 cm³/mol. The summed E-state index contributed by atoms with van der Waals surface area (Å²) in [4.78, 5) is 4.07. The number of rotatable bonds is 2. The molecule has 0 spiro atoms. The van der Waals surface area contributed by atoms with Crippen molar-refractivity contribution in [3.8, 4) is 11.3 Å². The molecule has 7 heteroatoms. The molecule has 1 aromatic heterocycles. The lowest BCUT2D eigenvalue weighted by atomic mass is 10.0. The molecule has 0 atom stereocenters. The molecule has 0 aliphatic carbocycles. The Kier molecular flexibility index (Phi) is 3.45. The van der Waals surface area contributed by atoms with Crippen molar-refractivity contribution >= 4 is 5.82 Å². The van der Waals surface area contributed by atoms with Crippen LogP contribution in [0.3, 0.4) is 0 Å². The number of alkyl halides is 3. The van der Waals surface area contributed by atoms with Gasteiger partial charge in [-0.25, -0.2) is 9.37 Å². The summed E-state index contributed by atoms with van der Waals surface area (Å²) >= 11 is 0. The quantitative estimate of drug-likeness (QED) is 0.857. The van der Waals surface area contributed by atoms with Gasteiger partial charge in [0.1, 0.15) is 23.2 Å². The highest BCUT2D eigenvalue weighted by Gasteiger charge is 2.35. The van der Waals surface area contributed by atoms with Crippen LogP contribution in [0, 0.1) is 12.7 Å². The summed E-state index contributed by atoms with van der Waals surface area (Å²) in [6.07, 6.45) is -4.67. The molecular weight excluding hydrogens is 274 g/mol. The SMILES string of the molecule is CCn1c(C)nc(-c2ccc(F)cc2C(F)(F)F)c1N. The van der Waals surface area contributed by atoms with Crippen LogP contribution in [0.25, 0.3) is 11.3 Å². The molecule has 0 amide bonds. The largest absolute Gasteiger partial charge is 0.417 e. The lowest BCUT2D eigenvalue weighted by Crippen LogP contribution is -2.09. The zero-order chi connectivity index (χ0) is 15.1. The van der Waals surface area contributed by atoms with Gasteiger partial charge in [-0.15, -0.1) is 0 Å². The average Bonchev–Trinajstić information content (AvgIpc) is 2.63. The number of imidazole rings is 1. The monoisotopic (exact) mass is 287 g/mol. The Morgan fingerprint density at radius 1 is 1.30 bits per heavy atom. The fourth-order valence-electron chi connectivity index (χ4n) is 2.14. The van der Waals surface area contributed by atoms with E-state index in [2.05, 4.69) is 4.98 Å². The molecule has 108 valence electrons. The minimum atomic E-state index is -4.67. The second-order valence-electron chi connectivity index (χ2n) is 4.32. The van der Waals surface area contributed by atoms with Crippen LogP contribution in [0.15, 0.2) is 18.2 Å². The van der Waals surface area contributed by atoms with Crippen molar-refractivity contribution in [2.75, 3.05) is 5.73 Å². The molecule has 0 aliphatic heterocycles. The van der Waals surface area contributed by atoms with E-state index in [4.69, 9.17) is 5.73 Å². The van der Waals surface area contributed by atoms with Gasteiger partial charge in [-0.2, -0.15) is 13.2 Å². The number of hydrogen-bond donors (Lipinski definition) is 1. The number of nitrogen functional groups attached to an aromatic ring is 1. The molecule has 20 heavy (non-hydrogen) atoms. The molecule has 3 nitrogen and oxygen atoms in total. The molecule has 2 aromatic rings. The number of nitrogens with zero attached hydrogens (tertiary/aromatic N) is 2. The zero-order valence-corrected chi connectivity index (χ0v) is 10.9. The van der Waals surface area contributed by atoms with Crippen molar-refractivity contribution in [2.45, 2.75) is 26.6 Å². The summed E-state index contributed by atoms with van der Waals surface area (Å²) in [5, 5.41) is 0. The maximum Gasteiger partial charge on any atom is 0.417 e. The van der Waals surface area contributed by atoms with E-state index in [1.165, 1.54) is 0 Å². The van der Waals surface area contributed by atoms with E-state index in [1.54, 1.807) is 11.5 Å². The molecule has 1 heterocycles. The van der Waals surface area contributed by atoms with Crippen LogP contribution in [-0.2, 0) is 12.7 Å². The lowest BCUT2D eigenvalue weighted by molar-refractivity contribution is -0.137. The third kappa shape index (κ3) is 2.35. The van der Waals surface area contributed by atoms with Crippen LogP contribution in [0.5, 0.6) is 0 Å². The van der Waals surface area contributed by atoms with E-state index in [0.717, 1.165) is 12.1 Å². The number of aromatic nitrogens is 2. The number of nitrogens with two attached hydrogens (primary N) is 1. The highest BCUT2D eigenvalue weighted by Crippen LogP contribution is 2.39. The fraction of sp³-hybridized carbons (Fsp3) is 0.308. The number of halogens is 4. The van der Waals surface area contributed by atoms with Gasteiger partial charge in [0.25, 0.3) is 0 Å². The second kappa shape index (κ2) is 4.81. The van der Waals surface area contributed by atoms with Crippen LogP contribution in [0.1, 0.15) is 18.3 Å². The summed E-state index contributed by atoms with van der Waals surface area (Å²) in [7, 11) is 0. The van der Waals surface area contributed by atoms with Gasteiger partial charge in [-0.05, 0) is 32.0 Å². The van der Waals surface area contributed by atoms with Gasteiger partial charge in [-0.1, -0.05) is 0 Å². The number of hydrogen-bond acceptors (Lipinski definition) is 2. The first kappa shape index (κ1) is 14.4. The Hall–Kier alpha value is -2.05. The first-order valence-corrected chi connectivity index (χ1v) is 5.95. The van der Waals surface area contributed by atoms with E-state index < -0.39 is 17.6 Å². The van der Waals surface area contributed by atoms with Crippen LogP contribution < -0.4 is 5.73 Å². The van der Waals surface area contributed by atoms with Crippen molar-refractivity contribution in [3.63, 3.8) is 0 Å². The van der Waals surface area contributed by atoms with Crippen molar-refractivity contribution in [3.05, 3.63) is 35.4 Å². The van der Waals surface area contributed by atoms with Gasteiger partial charge >= 0.3 is 6.18 Å². The average molecular weight is 287 g/mol. The molecular formula is C13H13F4N3. The van der Waals surface area contributed by atoms with Gasteiger partial charge in [0.15, 0.2) is 0 Å². The topological polar surface area (TPSA) is 43.8 Å². The van der Waals surface area contributed by atoms with Crippen LogP contribution in [0.4, 0.5) is 23.4 Å². The minimum Gasteiger partial charge on any atom is -0.383 e. The molecule has 1 aromatic carbocycles. The van der Waals surface area contributed by atoms with Gasteiger partial charge in [0.05, 0.1) is 5.56 Å². The molecule has 0 bridgehead atoms. The van der Waals surface area contributed by atoms with Crippen molar-refractivity contribution < 1.29 is 17.6 Å². The molecule has 0 saturated heterocycles. The first-order chi connectivity index (χ1) is 9.25. The standard InChI is InChI=1S/C13H13F4N3/c1-3-20-7(2)19-11(12(20)18)9-5-4-8(14)6-10(9)13(15,16)17/h4-6H,3,18H2,1-2H3. The maximum atomic E-state index is 13.1. The highest BCUT2D eigenvalue weighted by atomic mass is 19.4. The Balaban J connectivity index is 2.70. The predicted octanol–water partition coefficient (Wildman–Crippen LogP) is 3.62. The van der Waals surface area contributed by atoms with E-state index in [0.29, 0.717) is 18.4 Å². The lowest BCUT2D eigenvalue weighted by Gasteiger charge is -2.12. The number of benzene rings is 1. The summed E-state index contributed by atoms with van der Waals surface area (Å²) in [6.45, 7) is 3.96. The number of anilines is 1. The smallest absolute Gasteiger partial charge is 0.383 e. The molecule has 0 radical (unpaired) electrons. The van der Waals surface area contributed by atoms with Gasteiger partial charge < -0.3 is 10.3 Å². The van der Waals surface area contributed by atoms with Crippen molar-refractivity contribution in [2.24, 2.45) is 0 Å². The highest BCUT2D eigenvalue weighted by molar-refractivity contribution is 5.74. The maximum absolute atomic E-state index is 13.1. The van der Waals surface area contributed by atoms with Gasteiger partial charge in [0.2, 0.25) is 0 Å². The normalized spacial score (nSPS) is 11.9. The van der Waals surface area contributed by atoms with E-state index >= 15 is 0 Å². The van der Waals surface area contributed by atoms with Crippen molar-refractivity contribution in [1.29, 1.82) is 0 Å². The summed E-state index contributed by atoms with van der Waals surface area (Å²) in [5.41, 5.74) is 4.57. The molecule has 2 N–H and O–H groups in total. The Labute approximate surface area is 113 Å². The Morgan fingerprint density at radius 2 is 1.95 bits per heavy atom. The summed E-state index contributed by atoms with van der Waals surface area (Å²) in [5.74, 6) is -0.300. The summed E-state index contributed by atoms with van der Waals surface area (Å²) < 4.78 is 53.7. The minimum absolute atomic E-state index is 0.0247. The third-order valence-corrected chi connectivity index (χ3v) is 3.06. The van der Waals surface area contributed by atoms with Crippen LogP contribution in [0.2, 0.25) is 0 Å². The molecule has 0 unspecified atom stereocenters.